The number of nitrogens with zero attached hydrogens (tertiary/aromatic N) is 1. The van der Waals surface area contributed by atoms with E-state index in [2.05, 4.69) is 4.98 Å². The average molecular weight is 320 g/mol. The summed E-state index contributed by atoms with van der Waals surface area (Å²) < 4.78 is 0. The number of carboxylic acids is 1. The maximum absolute atomic E-state index is 10.7. The fourth-order valence-electron chi connectivity index (χ4n) is 1.24. The molecule has 2 aromatic rings. The molecule has 0 radical (unpaired) electrons. The molecule has 0 saturated carbocycles. The first-order chi connectivity index (χ1) is 8.58. The van der Waals surface area contributed by atoms with E-state index in [-0.39, 0.29) is 5.01 Å². The summed E-state index contributed by atoms with van der Waals surface area (Å²) in [6, 6.07) is 5.30. The standard InChI is InChI=1S/C11H7Cl2NO2S2/c12-7-2-1-3-8(13)9(7)17-4-6-5-18-10(14-6)11(15)16/h1-3,5H,4H2,(H,15,16). The molecule has 1 aromatic heterocycles. The first-order valence-corrected chi connectivity index (χ1v) is 7.44. The van der Waals surface area contributed by atoms with Gasteiger partial charge in [-0.05, 0) is 12.1 Å². The molecule has 7 heteroatoms. The van der Waals surface area contributed by atoms with Crippen molar-refractivity contribution in [3.8, 4) is 0 Å². The highest BCUT2D eigenvalue weighted by Gasteiger charge is 2.11. The molecule has 1 N–H and O–H groups in total. The summed E-state index contributed by atoms with van der Waals surface area (Å²) in [6.45, 7) is 0. The van der Waals surface area contributed by atoms with Gasteiger partial charge in [-0.2, -0.15) is 0 Å². The Morgan fingerprint density at radius 2 is 2.06 bits per heavy atom. The third-order valence-electron chi connectivity index (χ3n) is 2.02. The average Bonchev–Trinajstić information content (AvgIpc) is 2.77. The van der Waals surface area contributed by atoms with Gasteiger partial charge in [0, 0.05) is 16.0 Å². The van der Waals surface area contributed by atoms with Gasteiger partial charge in [0.15, 0.2) is 0 Å². The van der Waals surface area contributed by atoms with Gasteiger partial charge in [-0.25, -0.2) is 9.78 Å². The number of carbonyl (C=O) groups is 1. The number of thioether (sulfide) groups is 1. The van der Waals surface area contributed by atoms with Crippen LogP contribution in [0, 0.1) is 0 Å². The highest BCUT2D eigenvalue weighted by atomic mass is 35.5. The van der Waals surface area contributed by atoms with Crippen LogP contribution in [0.3, 0.4) is 0 Å². The second-order valence-corrected chi connectivity index (χ2v) is 5.95. The smallest absolute Gasteiger partial charge is 0.365 e. The van der Waals surface area contributed by atoms with Crippen molar-refractivity contribution in [1.82, 2.24) is 4.98 Å². The predicted octanol–water partition coefficient (Wildman–Crippen LogP) is 4.44. The number of carboxylic acid groups (broad SMARTS) is 1. The molecule has 94 valence electrons. The molecule has 0 atom stereocenters. The fraction of sp³-hybridized carbons (Fsp3) is 0.0909. The van der Waals surface area contributed by atoms with Crippen molar-refractivity contribution < 1.29 is 9.90 Å². The maximum Gasteiger partial charge on any atom is 0.365 e. The predicted molar refractivity (Wildman–Crippen MR) is 75.1 cm³/mol. The van der Waals surface area contributed by atoms with Crippen LogP contribution in [-0.2, 0) is 5.75 Å². The summed E-state index contributed by atoms with van der Waals surface area (Å²) in [7, 11) is 0. The lowest BCUT2D eigenvalue weighted by atomic mass is 10.4. The molecule has 0 aliphatic carbocycles. The van der Waals surface area contributed by atoms with E-state index in [0.29, 0.717) is 21.5 Å². The van der Waals surface area contributed by atoms with Crippen molar-refractivity contribution in [3.05, 3.63) is 44.3 Å². The second-order valence-electron chi connectivity index (χ2n) is 3.29. The molecular weight excluding hydrogens is 313 g/mol. The fourth-order valence-corrected chi connectivity index (χ4v) is 3.57. The summed E-state index contributed by atoms with van der Waals surface area (Å²) in [6.07, 6.45) is 0. The molecule has 1 heterocycles. The van der Waals surface area contributed by atoms with Crippen molar-refractivity contribution in [2.75, 3.05) is 0 Å². The van der Waals surface area contributed by atoms with Crippen molar-refractivity contribution in [1.29, 1.82) is 0 Å². The molecule has 0 saturated heterocycles. The number of hydrogen-bond acceptors (Lipinski definition) is 4. The quantitative estimate of drug-likeness (QED) is 0.846. The molecule has 3 nitrogen and oxygen atoms in total. The van der Waals surface area contributed by atoms with E-state index in [4.69, 9.17) is 28.3 Å². The van der Waals surface area contributed by atoms with E-state index >= 15 is 0 Å². The van der Waals surface area contributed by atoms with E-state index in [1.807, 2.05) is 0 Å². The lowest BCUT2D eigenvalue weighted by Crippen LogP contribution is -1.95. The first-order valence-electron chi connectivity index (χ1n) is 4.82. The SMILES string of the molecule is O=C(O)c1nc(CSc2c(Cl)cccc2Cl)cs1. The third kappa shape index (κ3) is 3.17. The Hall–Kier alpha value is -0.750. The maximum atomic E-state index is 10.7. The van der Waals surface area contributed by atoms with Crippen LogP contribution >= 0.6 is 46.3 Å². The second kappa shape index (κ2) is 5.93. The third-order valence-corrected chi connectivity index (χ3v) is 4.92. The number of benzene rings is 1. The number of thiazole rings is 1. The lowest BCUT2D eigenvalue weighted by molar-refractivity contribution is 0.0696. The van der Waals surface area contributed by atoms with Crippen LogP contribution in [0.1, 0.15) is 15.5 Å². The summed E-state index contributed by atoms with van der Waals surface area (Å²) in [5.74, 6) is -0.472. The first kappa shape index (κ1) is 13.7. The van der Waals surface area contributed by atoms with E-state index in [9.17, 15) is 4.79 Å². The zero-order valence-corrected chi connectivity index (χ0v) is 12.0. The summed E-state index contributed by atoms with van der Waals surface area (Å²) in [5, 5.41) is 11.8. The van der Waals surface area contributed by atoms with Gasteiger partial charge in [0.2, 0.25) is 5.01 Å². The Kier molecular flexibility index (Phi) is 4.50. The Labute approximate surface area is 122 Å². The van der Waals surface area contributed by atoms with Gasteiger partial charge in [0.1, 0.15) is 0 Å². The molecule has 0 unspecified atom stereocenters. The summed E-state index contributed by atoms with van der Waals surface area (Å²) in [5.41, 5.74) is 0.707. The zero-order valence-electron chi connectivity index (χ0n) is 8.89. The molecule has 0 amide bonds. The minimum atomic E-state index is -1.01. The topological polar surface area (TPSA) is 50.2 Å². The normalized spacial score (nSPS) is 10.6. The van der Waals surface area contributed by atoms with Crippen LogP contribution in [0.5, 0.6) is 0 Å². The zero-order chi connectivity index (χ0) is 13.1. The van der Waals surface area contributed by atoms with Crippen LogP contribution in [0.2, 0.25) is 10.0 Å². The van der Waals surface area contributed by atoms with Crippen LogP contribution in [0.4, 0.5) is 0 Å². The Balaban J connectivity index is 2.09. The Morgan fingerprint density at radius 1 is 1.39 bits per heavy atom. The highest BCUT2D eigenvalue weighted by Crippen LogP contribution is 2.35. The van der Waals surface area contributed by atoms with Crippen molar-refractivity contribution >= 4 is 52.3 Å². The molecular formula is C11H7Cl2NO2S2. The Morgan fingerprint density at radius 3 is 2.61 bits per heavy atom. The molecule has 1 aromatic carbocycles. The highest BCUT2D eigenvalue weighted by molar-refractivity contribution is 7.98. The van der Waals surface area contributed by atoms with E-state index in [0.717, 1.165) is 16.2 Å². The van der Waals surface area contributed by atoms with E-state index < -0.39 is 5.97 Å². The number of halogens is 2. The molecule has 2 rings (SSSR count). The van der Waals surface area contributed by atoms with Gasteiger partial charge >= 0.3 is 5.97 Å². The number of hydrogen-bond donors (Lipinski definition) is 1. The van der Waals surface area contributed by atoms with Gasteiger partial charge in [-0.3, -0.25) is 0 Å². The van der Waals surface area contributed by atoms with Crippen molar-refractivity contribution in [2.24, 2.45) is 0 Å². The molecule has 0 bridgehead atoms. The largest absolute Gasteiger partial charge is 0.476 e. The van der Waals surface area contributed by atoms with Crippen molar-refractivity contribution in [3.63, 3.8) is 0 Å². The van der Waals surface area contributed by atoms with Crippen LogP contribution in [0.15, 0.2) is 28.5 Å². The summed E-state index contributed by atoms with van der Waals surface area (Å²) >= 11 is 14.6. The minimum absolute atomic E-state index is 0.0934. The van der Waals surface area contributed by atoms with Gasteiger partial charge in [-0.1, -0.05) is 29.3 Å². The number of aromatic nitrogens is 1. The van der Waals surface area contributed by atoms with Crippen molar-refractivity contribution in [2.45, 2.75) is 10.6 Å². The summed E-state index contributed by atoms with van der Waals surface area (Å²) in [4.78, 5) is 15.5. The van der Waals surface area contributed by atoms with Gasteiger partial charge in [0.25, 0.3) is 0 Å². The number of aromatic carboxylic acids is 1. The van der Waals surface area contributed by atoms with Crippen LogP contribution < -0.4 is 0 Å². The van der Waals surface area contributed by atoms with Crippen LogP contribution in [0.25, 0.3) is 0 Å². The van der Waals surface area contributed by atoms with E-state index in [1.54, 1.807) is 23.6 Å². The molecule has 0 aliphatic heterocycles. The number of rotatable bonds is 4. The van der Waals surface area contributed by atoms with Gasteiger partial charge in [-0.15, -0.1) is 23.1 Å². The molecule has 18 heavy (non-hydrogen) atoms. The van der Waals surface area contributed by atoms with E-state index in [1.165, 1.54) is 11.8 Å². The molecule has 0 spiro atoms. The molecule has 0 aliphatic rings. The van der Waals surface area contributed by atoms with Gasteiger partial charge in [0.05, 0.1) is 15.7 Å². The Bertz CT molecular complexity index is 566. The van der Waals surface area contributed by atoms with Gasteiger partial charge < -0.3 is 5.11 Å². The molecule has 0 fully saturated rings. The van der Waals surface area contributed by atoms with Crippen LogP contribution in [-0.4, -0.2) is 16.1 Å². The monoisotopic (exact) mass is 319 g/mol. The minimum Gasteiger partial charge on any atom is -0.476 e. The lowest BCUT2D eigenvalue weighted by Gasteiger charge is -2.04.